The minimum atomic E-state index is -0.598. The Morgan fingerprint density at radius 3 is 2.81 bits per heavy atom. The molecule has 7 heteroatoms. The van der Waals surface area contributed by atoms with Gasteiger partial charge in [-0.1, -0.05) is 13.0 Å². The second kappa shape index (κ2) is 6.00. The zero-order valence-corrected chi connectivity index (χ0v) is 11.3. The smallest absolute Gasteiger partial charge is 0.295 e. The van der Waals surface area contributed by atoms with Crippen LogP contribution in [0.5, 0.6) is 11.6 Å². The Kier molecular flexibility index (Phi) is 4.13. The first-order chi connectivity index (χ1) is 10.0. The van der Waals surface area contributed by atoms with Crippen LogP contribution in [0.4, 0.5) is 11.4 Å². The fraction of sp³-hybridized carbons (Fsp3) is 0.143. The largest absolute Gasteiger partial charge is 0.436 e. The predicted octanol–water partition coefficient (Wildman–Crippen LogP) is 2.96. The molecule has 2 rings (SSSR count). The topological polar surface area (TPSA) is 108 Å². The van der Waals surface area contributed by atoms with Crippen molar-refractivity contribution in [3.05, 3.63) is 52.2 Å². The first-order valence-corrected chi connectivity index (χ1v) is 6.23. The summed E-state index contributed by atoms with van der Waals surface area (Å²) in [5.41, 5.74) is 5.66. The normalized spacial score (nSPS) is 10.1. The van der Waals surface area contributed by atoms with Crippen molar-refractivity contribution in [3.8, 4) is 11.6 Å². The van der Waals surface area contributed by atoms with E-state index in [9.17, 15) is 14.9 Å². The average molecular weight is 287 g/mol. The summed E-state index contributed by atoms with van der Waals surface area (Å²) >= 11 is 0. The van der Waals surface area contributed by atoms with Gasteiger partial charge in [-0.05, 0) is 18.2 Å². The molecule has 0 spiro atoms. The minimum absolute atomic E-state index is 0.0801. The Hall–Kier alpha value is -2.96. The number of nitrogens with two attached hydrogens (primary N) is 1. The van der Waals surface area contributed by atoms with Crippen LogP contribution in [0.25, 0.3) is 0 Å². The molecule has 21 heavy (non-hydrogen) atoms. The van der Waals surface area contributed by atoms with Crippen LogP contribution in [-0.4, -0.2) is 15.7 Å². The highest BCUT2D eigenvalue weighted by molar-refractivity contribution is 5.98. The number of ketones is 1. The van der Waals surface area contributed by atoms with E-state index in [1.807, 2.05) is 0 Å². The molecular weight excluding hydrogens is 274 g/mol. The Bertz CT molecular complexity index is 700. The van der Waals surface area contributed by atoms with Crippen LogP contribution in [-0.2, 0) is 0 Å². The molecule has 0 aliphatic carbocycles. The van der Waals surface area contributed by atoms with Gasteiger partial charge < -0.3 is 10.5 Å². The molecule has 0 saturated carbocycles. The second-order valence-corrected chi connectivity index (χ2v) is 4.18. The van der Waals surface area contributed by atoms with Crippen LogP contribution in [0.2, 0.25) is 0 Å². The molecule has 7 nitrogen and oxygen atoms in total. The summed E-state index contributed by atoms with van der Waals surface area (Å²) in [6.45, 7) is 1.72. The van der Waals surface area contributed by atoms with E-state index in [-0.39, 0.29) is 28.8 Å². The van der Waals surface area contributed by atoms with Crippen molar-refractivity contribution in [2.75, 3.05) is 5.73 Å². The van der Waals surface area contributed by atoms with Gasteiger partial charge in [0.1, 0.15) is 0 Å². The Labute approximate surface area is 120 Å². The van der Waals surface area contributed by atoms with Crippen LogP contribution < -0.4 is 10.5 Å². The lowest BCUT2D eigenvalue weighted by atomic mass is 10.1. The van der Waals surface area contributed by atoms with Crippen molar-refractivity contribution in [1.82, 2.24) is 4.98 Å². The van der Waals surface area contributed by atoms with E-state index < -0.39 is 4.92 Å². The van der Waals surface area contributed by atoms with Crippen molar-refractivity contribution in [2.24, 2.45) is 0 Å². The lowest BCUT2D eigenvalue weighted by Crippen LogP contribution is -2.03. The maximum absolute atomic E-state index is 11.8. The molecule has 0 radical (unpaired) electrons. The molecule has 2 aromatic rings. The Morgan fingerprint density at radius 2 is 2.14 bits per heavy atom. The fourth-order valence-electron chi connectivity index (χ4n) is 1.76. The van der Waals surface area contributed by atoms with Crippen molar-refractivity contribution in [3.63, 3.8) is 0 Å². The summed E-state index contributed by atoms with van der Waals surface area (Å²) in [7, 11) is 0. The molecule has 1 aromatic heterocycles. The summed E-state index contributed by atoms with van der Waals surface area (Å²) in [5.74, 6) is 0.0340. The number of hydrogen-bond donors (Lipinski definition) is 1. The number of Topliss-reactive ketones (excluding diaryl/α,β-unsaturated/α-hetero) is 1. The van der Waals surface area contributed by atoms with Gasteiger partial charge in [0.25, 0.3) is 5.69 Å². The van der Waals surface area contributed by atoms with Crippen molar-refractivity contribution < 1.29 is 14.5 Å². The van der Waals surface area contributed by atoms with E-state index in [1.54, 1.807) is 19.1 Å². The Morgan fingerprint density at radius 1 is 1.38 bits per heavy atom. The molecule has 1 aromatic carbocycles. The molecule has 1 heterocycles. The second-order valence-electron chi connectivity index (χ2n) is 4.18. The zero-order chi connectivity index (χ0) is 15.4. The standard InChI is InChI=1S/C14H13N3O4/c1-2-11(18)9-5-4-8-16-14(9)21-12-7-3-6-10(13(12)15)17(19)20/h3-8H,2,15H2,1H3. The van der Waals surface area contributed by atoms with E-state index in [4.69, 9.17) is 10.5 Å². The lowest BCUT2D eigenvalue weighted by molar-refractivity contribution is -0.383. The molecule has 108 valence electrons. The maximum atomic E-state index is 11.8. The number of carbonyl (C=O) groups excluding carboxylic acids is 1. The van der Waals surface area contributed by atoms with Crippen LogP contribution in [0.3, 0.4) is 0 Å². The number of aromatic nitrogens is 1. The summed E-state index contributed by atoms with van der Waals surface area (Å²) in [5, 5.41) is 10.8. The third kappa shape index (κ3) is 2.97. The predicted molar refractivity (Wildman–Crippen MR) is 76.4 cm³/mol. The number of pyridine rings is 1. The highest BCUT2D eigenvalue weighted by atomic mass is 16.6. The van der Waals surface area contributed by atoms with E-state index in [2.05, 4.69) is 4.98 Å². The molecule has 2 N–H and O–H groups in total. The van der Waals surface area contributed by atoms with Crippen molar-refractivity contribution in [2.45, 2.75) is 13.3 Å². The fourth-order valence-corrected chi connectivity index (χ4v) is 1.76. The third-order valence-electron chi connectivity index (χ3n) is 2.84. The molecular formula is C14H13N3O4. The summed E-state index contributed by atoms with van der Waals surface area (Å²) < 4.78 is 5.49. The number of nitrogen functional groups attached to an aromatic ring is 1. The zero-order valence-electron chi connectivity index (χ0n) is 11.3. The van der Waals surface area contributed by atoms with Gasteiger partial charge in [0, 0.05) is 18.7 Å². The number of ether oxygens (including phenoxy) is 1. The van der Waals surface area contributed by atoms with Gasteiger partial charge in [-0.25, -0.2) is 4.98 Å². The number of nitrogens with zero attached hydrogens (tertiary/aromatic N) is 2. The maximum Gasteiger partial charge on any atom is 0.295 e. The minimum Gasteiger partial charge on any atom is -0.436 e. The van der Waals surface area contributed by atoms with Crippen molar-refractivity contribution in [1.29, 1.82) is 0 Å². The summed E-state index contributed by atoms with van der Waals surface area (Å²) in [4.78, 5) is 26.1. The lowest BCUT2D eigenvalue weighted by Gasteiger charge is -2.10. The third-order valence-corrected chi connectivity index (χ3v) is 2.84. The molecule has 0 saturated heterocycles. The van der Waals surface area contributed by atoms with Crippen molar-refractivity contribution >= 4 is 17.2 Å². The molecule has 0 amide bonds. The van der Waals surface area contributed by atoms with Crippen LogP contribution in [0.1, 0.15) is 23.7 Å². The van der Waals surface area contributed by atoms with Crippen LogP contribution in [0.15, 0.2) is 36.5 Å². The average Bonchev–Trinajstić information content (AvgIpc) is 2.49. The van der Waals surface area contributed by atoms with E-state index >= 15 is 0 Å². The van der Waals surface area contributed by atoms with E-state index in [0.717, 1.165) is 0 Å². The number of benzene rings is 1. The van der Waals surface area contributed by atoms with Gasteiger partial charge in [0.15, 0.2) is 17.2 Å². The SMILES string of the molecule is CCC(=O)c1cccnc1Oc1cccc([N+](=O)[O-])c1N. The van der Waals surface area contributed by atoms with Gasteiger partial charge in [-0.3, -0.25) is 14.9 Å². The quantitative estimate of drug-likeness (QED) is 0.392. The van der Waals surface area contributed by atoms with E-state index in [0.29, 0.717) is 12.0 Å². The number of para-hydroxylation sites is 1. The number of nitro benzene ring substituents is 1. The first-order valence-electron chi connectivity index (χ1n) is 6.23. The number of rotatable bonds is 5. The number of nitro groups is 1. The number of carbonyl (C=O) groups is 1. The van der Waals surface area contributed by atoms with Gasteiger partial charge in [-0.2, -0.15) is 0 Å². The number of anilines is 1. The van der Waals surface area contributed by atoms with Gasteiger partial charge >= 0.3 is 0 Å². The van der Waals surface area contributed by atoms with Crippen LogP contribution >= 0.6 is 0 Å². The summed E-state index contributed by atoms with van der Waals surface area (Å²) in [6.07, 6.45) is 1.77. The van der Waals surface area contributed by atoms with Gasteiger partial charge in [0.2, 0.25) is 5.88 Å². The van der Waals surface area contributed by atoms with E-state index in [1.165, 1.54) is 24.4 Å². The number of hydrogen-bond acceptors (Lipinski definition) is 6. The molecule has 0 aliphatic rings. The monoisotopic (exact) mass is 287 g/mol. The van der Waals surface area contributed by atoms with Gasteiger partial charge in [0.05, 0.1) is 10.5 Å². The van der Waals surface area contributed by atoms with Crippen LogP contribution in [0, 0.1) is 10.1 Å². The molecule has 0 aliphatic heterocycles. The highest BCUT2D eigenvalue weighted by Gasteiger charge is 2.18. The molecule has 0 bridgehead atoms. The molecule has 0 atom stereocenters. The molecule has 0 fully saturated rings. The summed E-state index contributed by atoms with van der Waals surface area (Å²) in [6, 6.07) is 7.41. The first kappa shape index (κ1) is 14.4. The Balaban J connectivity index is 2.42. The molecule has 0 unspecified atom stereocenters. The highest BCUT2D eigenvalue weighted by Crippen LogP contribution is 2.34. The van der Waals surface area contributed by atoms with Gasteiger partial charge in [-0.15, -0.1) is 0 Å².